The number of carbonyl (C=O) groups excluding carboxylic acids is 1. The molecule has 0 aromatic heterocycles. The van der Waals surface area contributed by atoms with E-state index in [4.69, 9.17) is 10.5 Å². The molecule has 4 nitrogen and oxygen atoms in total. The predicted molar refractivity (Wildman–Crippen MR) is 59.6 cm³/mol. The van der Waals surface area contributed by atoms with E-state index in [9.17, 15) is 4.79 Å². The number of likely N-dealkylation sites (tertiary alicyclic amines) is 1. The Morgan fingerprint density at radius 1 is 1.53 bits per heavy atom. The van der Waals surface area contributed by atoms with Crippen molar-refractivity contribution in [3.05, 3.63) is 0 Å². The lowest BCUT2D eigenvalue weighted by Gasteiger charge is -2.30. The van der Waals surface area contributed by atoms with Crippen molar-refractivity contribution in [1.29, 1.82) is 0 Å². The summed E-state index contributed by atoms with van der Waals surface area (Å²) in [5, 5.41) is 0. The number of nitrogens with two attached hydrogens (primary N) is 1. The molecular formula is C11H22N2O2. The van der Waals surface area contributed by atoms with Gasteiger partial charge < -0.3 is 15.4 Å². The SMILES string of the molecule is CC(N)[C@H]1CCCN1C(=O)OC(C)(C)C. The molecule has 1 heterocycles. The summed E-state index contributed by atoms with van der Waals surface area (Å²) in [6.45, 7) is 8.33. The first-order chi connectivity index (χ1) is 6.81. The van der Waals surface area contributed by atoms with Gasteiger partial charge in [-0.2, -0.15) is 0 Å². The first kappa shape index (κ1) is 12.3. The molecule has 0 aromatic carbocycles. The molecule has 1 saturated heterocycles. The normalized spacial score (nSPS) is 24.1. The molecular weight excluding hydrogens is 192 g/mol. The van der Waals surface area contributed by atoms with Crippen molar-refractivity contribution in [2.24, 2.45) is 5.73 Å². The van der Waals surface area contributed by atoms with E-state index in [0.717, 1.165) is 19.4 Å². The maximum Gasteiger partial charge on any atom is 0.410 e. The monoisotopic (exact) mass is 214 g/mol. The Kier molecular flexibility index (Phi) is 3.60. The van der Waals surface area contributed by atoms with Crippen LogP contribution in [0.3, 0.4) is 0 Å². The van der Waals surface area contributed by atoms with E-state index in [-0.39, 0.29) is 18.2 Å². The van der Waals surface area contributed by atoms with Crippen molar-refractivity contribution in [2.45, 2.75) is 58.2 Å². The topological polar surface area (TPSA) is 55.6 Å². The summed E-state index contributed by atoms with van der Waals surface area (Å²) in [5.41, 5.74) is 5.41. The van der Waals surface area contributed by atoms with Crippen molar-refractivity contribution in [3.8, 4) is 0 Å². The van der Waals surface area contributed by atoms with Crippen LogP contribution in [-0.4, -0.2) is 35.2 Å². The Morgan fingerprint density at radius 3 is 2.60 bits per heavy atom. The molecule has 0 saturated carbocycles. The minimum absolute atomic E-state index is 0.0139. The maximum absolute atomic E-state index is 11.8. The zero-order valence-electron chi connectivity index (χ0n) is 10.1. The van der Waals surface area contributed by atoms with Gasteiger partial charge in [-0.1, -0.05) is 0 Å². The Hall–Kier alpha value is -0.770. The summed E-state index contributed by atoms with van der Waals surface area (Å²) in [6, 6.07) is 0.153. The molecule has 0 bridgehead atoms. The Morgan fingerprint density at radius 2 is 2.13 bits per heavy atom. The Bertz CT molecular complexity index is 233. The van der Waals surface area contributed by atoms with E-state index in [2.05, 4.69) is 0 Å². The van der Waals surface area contributed by atoms with E-state index < -0.39 is 5.60 Å². The second-order valence-electron chi connectivity index (χ2n) is 5.24. The Balaban J connectivity index is 2.59. The van der Waals surface area contributed by atoms with Gasteiger partial charge in [-0.25, -0.2) is 4.79 Å². The molecule has 15 heavy (non-hydrogen) atoms. The molecule has 1 aliphatic rings. The molecule has 2 atom stereocenters. The lowest BCUT2D eigenvalue weighted by molar-refractivity contribution is 0.0211. The second-order valence-corrected chi connectivity index (χ2v) is 5.24. The predicted octanol–water partition coefficient (Wildman–Crippen LogP) is 1.73. The zero-order chi connectivity index (χ0) is 11.6. The van der Waals surface area contributed by atoms with Crippen LogP contribution in [0.25, 0.3) is 0 Å². The second kappa shape index (κ2) is 4.39. The van der Waals surface area contributed by atoms with E-state index in [0.29, 0.717) is 0 Å². The molecule has 4 heteroatoms. The highest BCUT2D eigenvalue weighted by Gasteiger charge is 2.33. The van der Waals surface area contributed by atoms with Gasteiger partial charge in [0, 0.05) is 18.6 Å². The number of carbonyl (C=O) groups is 1. The fraction of sp³-hybridized carbons (Fsp3) is 0.909. The van der Waals surface area contributed by atoms with Crippen LogP contribution in [0, 0.1) is 0 Å². The van der Waals surface area contributed by atoms with Gasteiger partial charge in [-0.3, -0.25) is 0 Å². The smallest absolute Gasteiger partial charge is 0.410 e. The summed E-state index contributed by atoms with van der Waals surface area (Å²) in [6.07, 6.45) is 1.77. The average molecular weight is 214 g/mol. The molecule has 1 fully saturated rings. The van der Waals surface area contributed by atoms with Crippen LogP contribution in [0.4, 0.5) is 4.79 Å². The molecule has 0 aromatic rings. The molecule has 0 spiro atoms. The third-order valence-electron chi connectivity index (χ3n) is 2.53. The molecule has 2 N–H and O–H groups in total. The van der Waals surface area contributed by atoms with Gasteiger partial charge in [0.2, 0.25) is 0 Å². The fourth-order valence-corrected chi connectivity index (χ4v) is 1.89. The number of rotatable bonds is 1. The molecule has 88 valence electrons. The highest BCUT2D eigenvalue weighted by molar-refractivity contribution is 5.69. The van der Waals surface area contributed by atoms with Gasteiger partial charge in [0.05, 0.1) is 0 Å². The molecule has 1 amide bonds. The number of hydrogen-bond donors (Lipinski definition) is 1. The molecule has 0 radical (unpaired) electrons. The number of amides is 1. The molecule has 0 aliphatic carbocycles. The van der Waals surface area contributed by atoms with Crippen LogP contribution in [0.5, 0.6) is 0 Å². The van der Waals surface area contributed by atoms with Crippen LogP contribution < -0.4 is 5.73 Å². The van der Waals surface area contributed by atoms with Gasteiger partial charge in [0.15, 0.2) is 0 Å². The van der Waals surface area contributed by atoms with Crippen molar-refractivity contribution >= 4 is 6.09 Å². The van der Waals surface area contributed by atoms with Crippen LogP contribution >= 0.6 is 0 Å². The summed E-state index contributed by atoms with van der Waals surface area (Å²) < 4.78 is 5.33. The number of ether oxygens (including phenoxy) is 1. The van der Waals surface area contributed by atoms with E-state index in [1.807, 2.05) is 27.7 Å². The molecule has 1 rings (SSSR count). The largest absolute Gasteiger partial charge is 0.444 e. The van der Waals surface area contributed by atoms with E-state index in [1.54, 1.807) is 4.90 Å². The lowest BCUT2D eigenvalue weighted by atomic mass is 10.1. The first-order valence-corrected chi connectivity index (χ1v) is 5.56. The van der Waals surface area contributed by atoms with Gasteiger partial charge in [-0.15, -0.1) is 0 Å². The van der Waals surface area contributed by atoms with Crippen molar-refractivity contribution in [1.82, 2.24) is 4.90 Å². The minimum atomic E-state index is -0.429. The van der Waals surface area contributed by atoms with Crippen LogP contribution in [-0.2, 0) is 4.74 Å². The minimum Gasteiger partial charge on any atom is -0.444 e. The summed E-state index contributed by atoms with van der Waals surface area (Å²) in [4.78, 5) is 13.6. The lowest BCUT2D eigenvalue weighted by Crippen LogP contribution is -2.47. The highest BCUT2D eigenvalue weighted by atomic mass is 16.6. The van der Waals surface area contributed by atoms with Gasteiger partial charge in [0.1, 0.15) is 5.60 Å². The fourth-order valence-electron chi connectivity index (χ4n) is 1.89. The first-order valence-electron chi connectivity index (χ1n) is 5.56. The van der Waals surface area contributed by atoms with E-state index >= 15 is 0 Å². The van der Waals surface area contributed by atoms with Crippen LogP contribution in [0.2, 0.25) is 0 Å². The standard InChI is InChI=1S/C11H22N2O2/c1-8(12)9-6-5-7-13(9)10(14)15-11(2,3)4/h8-9H,5-7,12H2,1-4H3/t8?,9-/m1/s1. The third kappa shape index (κ3) is 3.38. The van der Waals surface area contributed by atoms with Gasteiger partial charge in [-0.05, 0) is 40.5 Å². The zero-order valence-corrected chi connectivity index (χ0v) is 10.1. The molecule has 1 unspecified atom stereocenters. The summed E-state index contributed by atoms with van der Waals surface area (Å²) in [5.74, 6) is 0. The van der Waals surface area contributed by atoms with E-state index in [1.165, 1.54) is 0 Å². The average Bonchev–Trinajstić information content (AvgIpc) is 2.47. The van der Waals surface area contributed by atoms with Gasteiger partial charge >= 0.3 is 6.09 Å². The van der Waals surface area contributed by atoms with Crippen LogP contribution in [0.1, 0.15) is 40.5 Å². The maximum atomic E-state index is 11.8. The van der Waals surface area contributed by atoms with Crippen molar-refractivity contribution < 1.29 is 9.53 Å². The van der Waals surface area contributed by atoms with Gasteiger partial charge in [0.25, 0.3) is 0 Å². The number of hydrogen-bond acceptors (Lipinski definition) is 3. The van der Waals surface area contributed by atoms with Crippen molar-refractivity contribution in [2.75, 3.05) is 6.54 Å². The van der Waals surface area contributed by atoms with Crippen molar-refractivity contribution in [3.63, 3.8) is 0 Å². The molecule has 1 aliphatic heterocycles. The number of nitrogens with zero attached hydrogens (tertiary/aromatic N) is 1. The Labute approximate surface area is 91.8 Å². The van der Waals surface area contributed by atoms with Crippen LogP contribution in [0.15, 0.2) is 0 Å². The summed E-state index contributed by atoms with van der Waals surface area (Å²) >= 11 is 0. The highest BCUT2D eigenvalue weighted by Crippen LogP contribution is 2.22. The third-order valence-corrected chi connectivity index (χ3v) is 2.53. The quantitative estimate of drug-likeness (QED) is 0.723. The summed E-state index contributed by atoms with van der Waals surface area (Å²) in [7, 11) is 0.